The van der Waals surface area contributed by atoms with Crippen molar-refractivity contribution in [2.45, 2.75) is 31.7 Å². The molecule has 1 aromatic heterocycles. The van der Waals surface area contributed by atoms with Crippen LogP contribution >= 0.6 is 0 Å². The van der Waals surface area contributed by atoms with Gasteiger partial charge in [0.25, 0.3) is 11.5 Å². The molecule has 2 atom stereocenters. The normalized spacial score (nSPS) is 26.9. The van der Waals surface area contributed by atoms with Gasteiger partial charge < -0.3 is 24.4 Å². The number of rotatable bonds is 2. The number of nitrogens with zero attached hydrogens (tertiary/aromatic N) is 3. The molecular formula is C22H30N4O4. The van der Waals surface area contributed by atoms with Gasteiger partial charge >= 0.3 is 0 Å². The summed E-state index contributed by atoms with van der Waals surface area (Å²) in [4.78, 5) is 42.6. The zero-order valence-corrected chi connectivity index (χ0v) is 17.3. The van der Waals surface area contributed by atoms with Crippen LogP contribution in [0.25, 0.3) is 0 Å². The largest absolute Gasteiger partial charge is 0.378 e. The second kappa shape index (κ2) is 8.15. The topological polar surface area (TPSA) is 83.9 Å². The second-order valence-corrected chi connectivity index (χ2v) is 9.05. The Morgan fingerprint density at radius 3 is 2.53 bits per heavy atom. The number of morpholine rings is 1. The molecule has 0 aliphatic carbocycles. The van der Waals surface area contributed by atoms with Crippen molar-refractivity contribution in [1.82, 2.24) is 19.7 Å². The lowest BCUT2D eigenvalue weighted by Gasteiger charge is -2.38. The summed E-state index contributed by atoms with van der Waals surface area (Å²) in [7, 11) is 0. The van der Waals surface area contributed by atoms with Crippen molar-refractivity contribution < 1.29 is 14.3 Å². The summed E-state index contributed by atoms with van der Waals surface area (Å²) < 4.78 is 7.16. The van der Waals surface area contributed by atoms with E-state index >= 15 is 0 Å². The van der Waals surface area contributed by atoms with Gasteiger partial charge in [0.1, 0.15) is 5.56 Å². The molecule has 5 rings (SSSR count). The molecule has 0 unspecified atom stereocenters. The minimum absolute atomic E-state index is 0.0383. The summed E-state index contributed by atoms with van der Waals surface area (Å²) >= 11 is 0. The Balaban J connectivity index is 1.27. The van der Waals surface area contributed by atoms with Crippen LogP contribution in [0.1, 0.15) is 41.2 Å². The number of hydrogen-bond acceptors (Lipinski definition) is 5. The van der Waals surface area contributed by atoms with Crippen LogP contribution in [0.5, 0.6) is 0 Å². The van der Waals surface area contributed by atoms with Crippen molar-refractivity contribution in [3.63, 3.8) is 0 Å². The van der Waals surface area contributed by atoms with Crippen LogP contribution in [-0.4, -0.2) is 78.7 Å². The van der Waals surface area contributed by atoms with Gasteiger partial charge in [-0.3, -0.25) is 14.4 Å². The highest BCUT2D eigenvalue weighted by Gasteiger charge is 2.34. The van der Waals surface area contributed by atoms with Crippen LogP contribution < -0.4 is 10.9 Å². The molecule has 8 heteroatoms. The SMILES string of the molecule is O=C(c1ccc2n(c1=O)C[C@@H]1CNC[C@H]2C1)N1CCC(C(=O)N2CCOCC2)CC1. The van der Waals surface area contributed by atoms with Crippen LogP contribution in [0.2, 0.25) is 0 Å². The van der Waals surface area contributed by atoms with Crippen molar-refractivity contribution in [3.05, 3.63) is 33.7 Å². The zero-order valence-electron chi connectivity index (χ0n) is 17.3. The van der Waals surface area contributed by atoms with E-state index in [9.17, 15) is 14.4 Å². The van der Waals surface area contributed by atoms with E-state index in [0.29, 0.717) is 70.6 Å². The molecule has 2 amide bonds. The average Bonchev–Trinajstić information content (AvgIpc) is 2.80. The number of carbonyl (C=O) groups is 2. The van der Waals surface area contributed by atoms with Gasteiger partial charge in [-0.05, 0) is 43.9 Å². The summed E-state index contributed by atoms with van der Waals surface area (Å²) in [6, 6.07) is 3.69. The third-order valence-corrected chi connectivity index (χ3v) is 7.19. The Morgan fingerprint density at radius 2 is 1.77 bits per heavy atom. The first-order valence-electron chi connectivity index (χ1n) is 11.2. The fourth-order valence-electron chi connectivity index (χ4n) is 5.50. The molecule has 3 fully saturated rings. The second-order valence-electron chi connectivity index (χ2n) is 9.05. The molecule has 1 N–H and O–H groups in total. The molecule has 8 nitrogen and oxygen atoms in total. The lowest BCUT2D eigenvalue weighted by Crippen LogP contribution is -2.49. The van der Waals surface area contributed by atoms with Crippen LogP contribution in [-0.2, 0) is 16.1 Å². The fourth-order valence-corrected chi connectivity index (χ4v) is 5.50. The molecule has 4 aliphatic heterocycles. The Bertz CT molecular complexity index is 884. The van der Waals surface area contributed by atoms with E-state index < -0.39 is 0 Å². The number of fused-ring (bicyclic) bond motifs is 4. The number of amides is 2. The molecule has 3 saturated heterocycles. The number of nitrogens with one attached hydrogen (secondary N) is 1. The first-order valence-corrected chi connectivity index (χ1v) is 11.2. The number of pyridine rings is 1. The highest BCUT2D eigenvalue weighted by atomic mass is 16.5. The molecular weight excluding hydrogens is 384 g/mol. The van der Waals surface area contributed by atoms with Crippen molar-refractivity contribution in [2.24, 2.45) is 11.8 Å². The molecule has 5 heterocycles. The van der Waals surface area contributed by atoms with E-state index in [0.717, 1.165) is 25.2 Å². The van der Waals surface area contributed by atoms with Crippen LogP contribution in [0, 0.1) is 11.8 Å². The third kappa shape index (κ3) is 3.56. The van der Waals surface area contributed by atoms with Crippen molar-refractivity contribution in [2.75, 3.05) is 52.5 Å². The van der Waals surface area contributed by atoms with Crippen molar-refractivity contribution in [3.8, 4) is 0 Å². The smallest absolute Gasteiger partial charge is 0.263 e. The highest BCUT2D eigenvalue weighted by molar-refractivity contribution is 5.94. The molecule has 162 valence electrons. The fraction of sp³-hybridized carbons (Fsp3) is 0.682. The van der Waals surface area contributed by atoms with E-state index in [4.69, 9.17) is 4.74 Å². The third-order valence-electron chi connectivity index (χ3n) is 7.19. The molecule has 0 spiro atoms. The van der Waals surface area contributed by atoms with E-state index in [1.807, 2.05) is 15.5 Å². The van der Waals surface area contributed by atoms with E-state index in [1.165, 1.54) is 0 Å². The number of aromatic nitrogens is 1. The predicted molar refractivity (Wildman–Crippen MR) is 110 cm³/mol. The minimum Gasteiger partial charge on any atom is -0.378 e. The van der Waals surface area contributed by atoms with Crippen molar-refractivity contribution in [1.29, 1.82) is 0 Å². The summed E-state index contributed by atoms with van der Waals surface area (Å²) in [5.74, 6) is 0.766. The van der Waals surface area contributed by atoms with Gasteiger partial charge in [-0.15, -0.1) is 0 Å². The maximum Gasteiger partial charge on any atom is 0.263 e. The Labute approximate surface area is 176 Å². The Morgan fingerprint density at radius 1 is 1.00 bits per heavy atom. The maximum atomic E-state index is 13.1. The number of piperidine rings is 2. The number of carbonyl (C=O) groups excluding carboxylic acids is 2. The quantitative estimate of drug-likeness (QED) is 0.751. The first kappa shape index (κ1) is 19.8. The van der Waals surface area contributed by atoms with Gasteiger partial charge in [0.2, 0.25) is 5.91 Å². The highest BCUT2D eigenvalue weighted by Crippen LogP contribution is 2.32. The van der Waals surface area contributed by atoms with Gasteiger partial charge in [-0.2, -0.15) is 0 Å². The standard InChI is InChI=1S/C22H30N4O4/c27-20(25-7-9-30-10-8-25)16-3-5-24(6-4-16)21(28)18-1-2-19-17-11-15(12-23-13-17)14-26(19)22(18)29/h1-2,15-17,23H,3-14H2/t15-,17+/m0/s1. The van der Waals surface area contributed by atoms with Crippen molar-refractivity contribution >= 4 is 11.8 Å². The molecule has 0 saturated carbocycles. The number of ether oxygens (including phenoxy) is 1. The summed E-state index contributed by atoms with van der Waals surface area (Å²) in [6.07, 6.45) is 2.43. The van der Waals surface area contributed by atoms with Gasteiger partial charge in [-0.1, -0.05) is 0 Å². The van der Waals surface area contributed by atoms with Gasteiger partial charge in [0, 0.05) is 56.8 Å². The molecule has 0 radical (unpaired) electrons. The van der Waals surface area contributed by atoms with Gasteiger partial charge in [0.15, 0.2) is 0 Å². The van der Waals surface area contributed by atoms with Gasteiger partial charge in [0.05, 0.1) is 13.2 Å². The molecule has 4 aliphatic rings. The lowest BCUT2D eigenvalue weighted by molar-refractivity contribution is -0.141. The van der Waals surface area contributed by atoms with E-state index in [2.05, 4.69) is 5.32 Å². The molecule has 0 aromatic carbocycles. The van der Waals surface area contributed by atoms with E-state index in [1.54, 1.807) is 11.0 Å². The Hall–Kier alpha value is -2.19. The predicted octanol–water partition coefficient (Wildman–Crippen LogP) is 0.266. The molecule has 2 bridgehead atoms. The summed E-state index contributed by atoms with van der Waals surface area (Å²) in [5, 5.41) is 3.44. The van der Waals surface area contributed by atoms with Crippen LogP contribution in [0.15, 0.2) is 16.9 Å². The first-order chi connectivity index (χ1) is 14.6. The maximum absolute atomic E-state index is 13.1. The summed E-state index contributed by atoms with van der Waals surface area (Å²) in [6.45, 7) is 6.08. The molecule has 1 aromatic rings. The lowest BCUT2D eigenvalue weighted by atomic mass is 9.84. The van der Waals surface area contributed by atoms with Crippen LogP contribution in [0.3, 0.4) is 0 Å². The van der Waals surface area contributed by atoms with Crippen LogP contribution in [0.4, 0.5) is 0 Å². The monoisotopic (exact) mass is 414 g/mol. The van der Waals surface area contributed by atoms with Gasteiger partial charge in [-0.25, -0.2) is 0 Å². The average molecular weight is 415 g/mol. The number of likely N-dealkylation sites (tertiary alicyclic amines) is 1. The molecule has 30 heavy (non-hydrogen) atoms. The number of hydrogen-bond donors (Lipinski definition) is 1. The van der Waals surface area contributed by atoms with E-state index in [-0.39, 0.29) is 28.9 Å². The summed E-state index contributed by atoms with van der Waals surface area (Å²) in [5.41, 5.74) is 1.17. The zero-order chi connectivity index (χ0) is 20.7. The Kier molecular flexibility index (Phi) is 5.37. The minimum atomic E-state index is -0.193.